The van der Waals surface area contributed by atoms with E-state index in [-0.39, 0.29) is 21.4 Å². The van der Waals surface area contributed by atoms with Crippen molar-refractivity contribution in [2.24, 2.45) is 0 Å². The van der Waals surface area contributed by atoms with E-state index in [0.717, 1.165) is 0 Å². The van der Waals surface area contributed by atoms with Crippen LogP contribution >= 0.6 is 46.4 Å². The Morgan fingerprint density at radius 1 is 1.05 bits per heavy atom. The highest BCUT2D eigenvalue weighted by molar-refractivity contribution is 6.46. The Balaban J connectivity index is 2.78. The standard InChI is InChI=1S/C13H7Cl4NO2/c1-20-13(19)6-2-5-9(16)18-12(6)10-7(14)3-4-8(15)11(10)17/h2-5H,1H3. The van der Waals surface area contributed by atoms with E-state index in [1.165, 1.54) is 19.2 Å². The average molecular weight is 351 g/mol. The predicted molar refractivity (Wildman–Crippen MR) is 81.1 cm³/mol. The topological polar surface area (TPSA) is 39.2 Å². The first kappa shape index (κ1) is 15.4. The highest BCUT2D eigenvalue weighted by atomic mass is 35.5. The van der Waals surface area contributed by atoms with Gasteiger partial charge in [0.05, 0.1) is 33.4 Å². The van der Waals surface area contributed by atoms with Crippen LogP contribution in [0.15, 0.2) is 24.3 Å². The van der Waals surface area contributed by atoms with Gasteiger partial charge < -0.3 is 4.74 Å². The van der Waals surface area contributed by atoms with Crippen molar-refractivity contribution in [1.82, 2.24) is 4.98 Å². The number of carbonyl (C=O) groups is 1. The van der Waals surface area contributed by atoms with Gasteiger partial charge >= 0.3 is 5.97 Å². The third-order valence-corrected chi connectivity index (χ3v) is 3.88. The number of hydrogen-bond donors (Lipinski definition) is 0. The Kier molecular flexibility index (Phi) is 4.76. The first-order valence-electron chi connectivity index (χ1n) is 5.34. The number of rotatable bonds is 2. The lowest BCUT2D eigenvalue weighted by Gasteiger charge is -2.11. The fourth-order valence-corrected chi connectivity index (χ4v) is 2.50. The molecule has 0 spiro atoms. The highest BCUT2D eigenvalue weighted by Gasteiger charge is 2.21. The zero-order chi connectivity index (χ0) is 14.9. The number of carbonyl (C=O) groups excluding carboxylic acids is 1. The maximum absolute atomic E-state index is 11.8. The summed E-state index contributed by atoms with van der Waals surface area (Å²) in [5, 5.41) is 0.988. The molecule has 0 fully saturated rings. The van der Waals surface area contributed by atoms with E-state index < -0.39 is 5.97 Å². The third kappa shape index (κ3) is 2.86. The maximum atomic E-state index is 11.8. The molecule has 0 bridgehead atoms. The molecule has 2 rings (SSSR count). The molecular formula is C13H7Cl4NO2. The summed E-state index contributed by atoms with van der Waals surface area (Å²) in [5.74, 6) is -0.573. The van der Waals surface area contributed by atoms with E-state index in [2.05, 4.69) is 4.98 Å². The number of halogens is 4. The van der Waals surface area contributed by atoms with Crippen LogP contribution in [-0.4, -0.2) is 18.1 Å². The molecule has 0 atom stereocenters. The fourth-order valence-electron chi connectivity index (χ4n) is 1.64. The monoisotopic (exact) mass is 349 g/mol. The summed E-state index contributed by atoms with van der Waals surface area (Å²) in [5.41, 5.74) is 0.758. The van der Waals surface area contributed by atoms with Gasteiger partial charge in [0.15, 0.2) is 0 Å². The summed E-state index contributed by atoms with van der Waals surface area (Å²) in [4.78, 5) is 15.9. The average Bonchev–Trinajstić information content (AvgIpc) is 2.43. The van der Waals surface area contributed by atoms with E-state index in [1.807, 2.05) is 0 Å². The van der Waals surface area contributed by atoms with Gasteiger partial charge in [0, 0.05) is 5.56 Å². The molecule has 0 unspecified atom stereocenters. The number of ether oxygens (including phenoxy) is 1. The van der Waals surface area contributed by atoms with Crippen molar-refractivity contribution in [3.63, 3.8) is 0 Å². The van der Waals surface area contributed by atoms with Crippen LogP contribution in [-0.2, 0) is 4.74 Å². The number of benzene rings is 1. The summed E-state index contributed by atoms with van der Waals surface area (Å²) in [6.45, 7) is 0. The molecule has 7 heteroatoms. The predicted octanol–water partition coefficient (Wildman–Crippen LogP) is 5.15. The number of methoxy groups -OCH3 is 1. The molecular weight excluding hydrogens is 344 g/mol. The second-order valence-corrected chi connectivity index (χ2v) is 5.32. The molecule has 0 radical (unpaired) electrons. The van der Waals surface area contributed by atoms with Gasteiger partial charge in [-0.1, -0.05) is 46.4 Å². The molecule has 1 aromatic carbocycles. The second-order valence-electron chi connectivity index (χ2n) is 3.74. The number of pyridine rings is 1. The zero-order valence-corrected chi connectivity index (χ0v) is 13.1. The number of esters is 1. The summed E-state index contributed by atoms with van der Waals surface area (Å²) < 4.78 is 4.71. The molecule has 0 saturated heterocycles. The Morgan fingerprint density at radius 2 is 1.70 bits per heavy atom. The maximum Gasteiger partial charge on any atom is 0.340 e. The van der Waals surface area contributed by atoms with Crippen molar-refractivity contribution >= 4 is 52.4 Å². The minimum absolute atomic E-state index is 0.194. The largest absolute Gasteiger partial charge is 0.465 e. The third-order valence-electron chi connectivity index (χ3n) is 2.55. The SMILES string of the molecule is COC(=O)c1ccc(Cl)nc1-c1c(Cl)ccc(Cl)c1Cl. The Bertz CT molecular complexity index is 688. The van der Waals surface area contributed by atoms with Gasteiger partial charge in [-0.05, 0) is 24.3 Å². The van der Waals surface area contributed by atoms with Crippen molar-refractivity contribution in [2.45, 2.75) is 0 Å². The molecule has 0 aliphatic carbocycles. The van der Waals surface area contributed by atoms with Crippen molar-refractivity contribution in [3.05, 3.63) is 50.0 Å². The minimum Gasteiger partial charge on any atom is -0.465 e. The lowest BCUT2D eigenvalue weighted by molar-refractivity contribution is 0.0601. The molecule has 1 aromatic heterocycles. The van der Waals surface area contributed by atoms with Gasteiger partial charge in [-0.2, -0.15) is 0 Å². The summed E-state index contributed by atoms with van der Waals surface area (Å²) in [7, 11) is 1.27. The quantitative estimate of drug-likeness (QED) is 0.427. The van der Waals surface area contributed by atoms with E-state index >= 15 is 0 Å². The smallest absolute Gasteiger partial charge is 0.340 e. The van der Waals surface area contributed by atoms with Gasteiger partial charge in [-0.15, -0.1) is 0 Å². The van der Waals surface area contributed by atoms with E-state index in [0.29, 0.717) is 15.6 Å². The van der Waals surface area contributed by atoms with E-state index in [1.54, 1.807) is 12.1 Å². The van der Waals surface area contributed by atoms with Crippen LogP contribution in [0, 0.1) is 0 Å². The molecule has 0 N–H and O–H groups in total. The molecule has 3 nitrogen and oxygen atoms in total. The van der Waals surface area contributed by atoms with Gasteiger partial charge in [0.25, 0.3) is 0 Å². The van der Waals surface area contributed by atoms with Crippen LogP contribution < -0.4 is 0 Å². The molecule has 20 heavy (non-hydrogen) atoms. The van der Waals surface area contributed by atoms with Crippen LogP contribution in [0.4, 0.5) is 0 Å². The van der Waals surface area contributed by atoms with Crippen molar-refractivity contribution in [1.29, 1.82) is 0 Å². The van der Waals surface area contributed by atoms with E-state index in [9.17, 15) is 4.79 Å². The Hall–Kier alpha value is -1.000. The van der Waals surface area contributed by atoms with Gasteiger partial charge in [0.2, 0.25) is 0 Å². The molecule has 2 aromatic rings. The first-order chi connectivity index (χ1) is 9.45. The lowest BCUT2D eigenvalue weighted by Crippen LogP contribution is -2.05. The summed E-state index contributed by atoms with van der Waals surface area (Å²) in [6.07, 6.45) is 0. The molecule has 0 aliphatic rings. The summed E-state index contributed by atoms with van der Waals surface area (Å²) in [6, 6.07) is 6.08. The number of hydrogen-bond acceptors (Lipinski definition) is 3. The Morgan fingerprint density at radius 3 is 2.35 bits per heavy atom. The van der Waals surface area contributed by atoms with Crippen molar-refractivity contribution < 1.29 is 9.53 Å². The van der Waals surface area contributed by atoms with Gasteiger partial charge in [-0.25, -0.2) is 9.78 Å². The first-order valence-corrected chi connectivity index (χ1v) is 6.85. The molecule has 0 aliphatic heterocycles. The van der Waals surface area contributed by atoms with Crippen LogP contribution in [0.3, 0.4) is 0 Å². The number of nitrogens with zero attached hydrogens (tertiary/aromatic N) is 1. The zero-order valence-electron chi connectivity index (χ0n) is 10.1. The fraction of sp³-hybridized carbons (Fsp3) is 0.0769. The lowest BCUT2D eigenvalue weighted by atomic mass is 10.1. The molecule has 104 valence electrons. The molecule has 0 amide bonds. The van der Waals surface area contributed by atoms with Gasteiger partial charge in [-0.3, -0.25) is 0 Å². The molecule has 1 heterocycles. The number of aromatic nitrogens is 1. The van der Waals surface area contributed by atoms with Crippen LogP contribution in [0.1, 0.15) is 10.4 Å². The molecule has 0 saturated carbocycles. The highest BCUT2D eigenvalue weighted by Crippen LogP contribution is 2.40. The van der Waals surface area contributed by atoms with Crippen LogP contribution in [0.5, 0.6) is 0 Å². The van der Waals surface area contributed by atoms with Gasteiger partial charge in [0.1, 0.15) is 5.15 Å². The Labute approximate surface area is 135 Å². The normalized spacial score (nSPS) is 10.4. The van der Waals surface area contributed by atoms with Crippen LogP contribution in [0.25, 0.3) is 11.3 Å². The van der Waals surface area contributed by atoms with Crippen molar-refractivity contribution in [2.75, 3.05) is 7.11 Å². The van der Waals surface area contributed by atoms with Crippen LogP contribution in [0.2, 0.25) is 20.2 Å². The second kappa shape index (κ2) is 6.19. The minimum atomic E-state index is -0.573. The summed E-state index contributed by atoms with van der Waals surface area (Å²) >= 11 is 24.1. The van der Waals surface area contributed by atoms with Crippen molar-refractivity contribution in [3.8, 4) is 11.3 Å². The van der Waals surface area contributed by atoms with E-state index in [4.69, 9.17) is 51.1 Å².